The van der Waals surface area contributed by atoms with Crippen molar-refractivity contribution in [1.82, 2.24) is 0 Å². The molecule has 0 rings (SSSR count). The van der Waals surface area contributed by atoms with Crippen molar-refractivity contribution >= 4 is 11.8 Å². The van der Waals surface area contributed by atoms with Crippen LogP contribution in [0.5, 0.6) is 0 Å². The third-order valence-corrected chi connectivity index (χ3v) is 4.48. The highest BCUT2D eigenvalue weighted by Crippen LogP contribution is 2.24. The number of hydrogen-bond acceptors (Lipinski definition) is 1. The Bertz CT molecular complexity index is 220. The third kappa shape index (κ3) is 12.6. The lowest BCUT2D eigenvalue weighted by Crippen LogP contribution is -2.05. The van der Waals surface area contributed by atoms with Gasteiger partial charge < -0.3 is 0 Å². The van der Waals surface area contributed by atoms with Crippen molar-refractivity contribution in [3.63, 3.8) is 0 Å². The molecule has 0 radical (unpaired) electrons. The van der Waals surface area contributed by atoms with E-state index in [0.717, 1.165) is 11.8 Å². The van der Waals surface area contributed by atoms with Crippen molar-refractivity contribution in [1.29, 1.82) is 0 Å². The summed E-state index contributed by atoms with van der Waals surface area (Å²) in [5, 5.41) is 0. The van der Waals surface area contributed by atoms with Crippen LogP contribution >= 0.6 is 11.8 Å². The van der Waals surface area contributed by atoms with Crippen LogP contribution in [0, 0.1) is 11.8 Å². The molecule has 0 spiro atoms. The smallest absolute Gasteiger partial charge is 0.00678 e. The zero-order chi connectivity index (χ0) is 14.3. The molecule has 0 nitrogen and oxygen atoms in total. The van der Waals surface area contributed by atoms with Crippen LogP contribution in [0.1, 0.15) is 65.2 Å². The van der Waals surface area contributed by atoms with Crippen LogP contribution in [0.4, 0.5) is 0 Å². The van der Waals surface area contributed by atoms with Crippen LogP contribution in [-0.4, -0.2) is 12.0 Å². The second-order valence-electron chi connectivity index (χ2n) is 5.71. The highest BCUT2D eigenvalue weighted by atomic mass is 32.2. The van der Waals surface area contributed by atoms with Crippen molar-refractivity contribution in [3.05, 3.63) is 24.8 Å². The quantitative estimate of drug-likeness (QED) is 0.275. The fourth-order valence-corrected chi connectivity index (χ4v) is 3.18. The van der Waals surface area contributed by atoms with Crippen molar-refractivity contribution in [3.8, 4) is 0 Å². The molecule has 0 heterocycles. The predicted octanol–water partition coefficient (Wildman–Crippen LogP) is 6.48. The maximum atomic E-state index is 3.71. The Hall–Kier alpha value is -0.170. The van der Waals surface area contributed by atoms with Gasteiger partial charge in [0, 0.05) is 0 Å². The van der Waals surface area contributed by atoms with Crippen molar-refractivity contribution in [2.45, 2.75) is 65.2 Å². The van der Waals surface area contributed by atoms with E-state index in [0.29, 0.717) is 0 Å². The van der Waals surface area contributed by atoms with Gasteiger partial charge in [0.1, 0.15) is 0 Å². The number of hydrogen-bond donors (Lipinski definition) is 0. The van der Waals surface area contributed by atoms with Crippen LogP contribution in [0.2, 0.25) is 0 Å². The lowest BCUT2D eigenvalue weighted by atomic mass is 9.89. The molecular weight excluding hydrogens is 248 g/mol. The molecule has 112 valence electrons. The van der Waals surface area contributed by atoms with E-state index in [1.165, 1.54) is 57.1 Å². The highest BCUT2D eigenvalue weighted by Gasteiger charge is 2.10. The third-order valence-electron chi connectivity index (χ3n) is 3.83. The molecule has 0 aromatic heterocycles. The van der Waals surface area contributed by atoms with Gasteiger partial charge in [-0.2, -0.15) is 11.8 Å². The second kappa shape index (κ2) is 14.2. The largest absolute Gasteiger partial charge is 0.165 e. The maximum Gasteiger partial charge on any atom is -0.00678 e. The number of allylic oxidation sites excluding steroid dienone is 3. The van der Waals surface area contributed by atoms with Crippen molar-refractivity contribution < 1.29 is 0 Å². The molecule has 0 saturated heterocycles. The summed E-state index contributed by atoms with van der Waals surface area (Å²) in [6.45, 7) is 8.45. The fourth-order valence-electron chi connectivity index (χ4n) is 2.54. The summed E-state index contributed by atoms with van der Waals surface area (Å²) in [6.07, 6.45) is 19.4. The van der Waals surface area contributed by atoms with Gasteiger partial charge in [0.2, 0.25) is 0 Å². The van der Waals surface area contributed by atoms with Crippen molar-refractivity contribution in [2.75, 3.05) is 12.0 Å². The van der Waals surface area contributed by atoms with E-state index in [4.69, 9.17) is 0 Å². The summed E-state index contributed by atoms with van der Waals surface area (Å²) in [6, 6.07) is 0. The summed E-state index contributed by atoms with van der Waals surface area (Å²) in [5.74, 6) is 3.19. The average molecular weight is 283 g/mol. The van der Waals surface area contributed by atoms with E-state index in [9.17, 15) is 0 Å². The molecule has 1 heteroatoms. The molecule has 2 atom stereocenters. The van der Waals surface area contributed by atoms with Crippen LogP contribution in [0.25, 0.3) is 0 Å². The Kier molecular flexibility index (Phi) is 14.1. The Balaban J connectivity index is 3.77. The lowest BCUT2D eigenvalue weighted by molar-refractivity contribution is 0.357. The maximum absolute atomic E-state index is 3.71. The molecule has 0 saturated carbocycles. The molecular formula is C18H34S. The molecule has 0 fully saturated rings. The first-order valence-electron chi connectivity index (χ1n) is 8.01. The average Bonchev–Trinajstić information content (AvgIpc) is 2.42. The molecule has 0 aliphatic carbocycles. The summed E-state index contributed by atoms with van der Waals surface area (Å²) in [5.41, 5.74) is 0. The molecule has 0 aromatic rings. The van der Waals surface area contributed by atoms with E-state index in [1.807, 2.05) is 17.8 Å². The summed E-state index contributed by atoms with van der Waals surface area (Å²) in [7, 11) is 0. The normalized spacial score (nSPS) is 14.7. The monoisotopic (exact) mass is 282 g/mol. The Morgan fingerprint density at radius 1 is 1.11 bits per heavy atom. The number of thioether (sulfide) groups is 1. The molecule has 0 aliphatic heterocycles. The van der Waals surface area contributed by atoms with Gasteiger partial charge in [-0.1, -0.05) is 70.8 Å². The van der Waals surface area contributed by atoms with E-state index in [-0.39, 0.29) is 0 Å². The minimum atomic E-state index is 0.910. The van der Waals surface area contributed by atoms with Gasteiger partial charge in [-0.15, -0.1) is 0 Å². The lowest BCUT2D eigenvalue weighted by Gasteiger charge is -2.18. The highest BCUT2D eigenvalue weighted by molar-refractivity contribution is 7.98. The molecule has 0 bridgehead atoms. The molecule has 0 amide bonds. The first-order chi connectivity index (χ1) is 9.24. The fraction of sp³-hybridized carbons (Fsp3) is 0.778. The molecule has 0 N–H and O–H groups in total. The SMILES string of the molecule is C=C/C=C\CCCC(CCC)CCC(C)CCSC. The van der Waals surface area contributed by atoms with Gasteiger partial charge in [0.05, 0.1) is 0 Å². The molecule has 2 unspecified atom stereocenters. The molecule has 0 aliphatic rings. The van der Waals surface area contributed by atoms with Gasteiger partial charge in [-0.25, -0.2) is 0 Å². The van der Waals surface area contributed by atoms with Gasteiger partial charge in [0.15, 0.2) is 0 Å². The first-order valence-corrected chi connectivity index (χ1v) is 9.40. The first kappa shape index (κ1) is 18.8. The summed E-state index contributed by atoms with van der Waals surface area (Å²) >= 11 is 1.98. The van der Waals surface area contributed by atoms with Gasteiger partial charge in [-0.05, 0) is 43.1 Å². The number of unbranched alkanes of at least 4 members (excludes halogenated alkanes) is 1. The Morgan fingerprint density at radius 2 is 1.89 bits per heavy atom. The Morgan fingerprint density at radius 3 is 2.53 bits per heavy atom. The minimum Gasteiger partial charge on any atom is -0.165 e. The van der Waals surface area contributed by atoms with Crippen molar-refractivity contribution in [2.24, 2.45) is 11.8 Å². The zero-order valence-electron chi connectivity index (χ0n) is 13.4. The van der Waals surface area contributed by atoms with E-state index >= 15 is 0 Å². The Labute approximate surface area is 126 Å². The second-order valence-corrected chi connectivity index (χ2v) is 6.70. The standard InChI is InChI=1S/C18H34S/c1-5-7-8-9-10-12-18(11-6-2)14-13-17(3)15-16-19-4/h5,7-8,17-18H,1,6,9-16H2,2-4H3/b8-7-. The van der Waals surface area contributed by atoms with Crippen LogP contribution in [0.3, 0.4) is 0 Å². The van der Waals surface area contributed by atoms with E-state index in [1.54, 1.807) is 0 Å². The van der Waals surface area contributed by atoms with Gasteiger partial charge in [0.25, 0.3) is 0 Å². The minimum absolute atomic E-state index is 0.910. The number of rotatable bonds is 13. The van der Waals surface area contributed by atoms with Crippen LogP contribution in [0.15, 0.2) is 24.8 Å². The topological polar surface area (TPSA) is 0 Å². The summed E-state index contributed by atoms with van der Waals surface area (Å²) < 4.78 is 0. The predicted molar refractivity (Wildman–Crippen MR) is 93.0 cm³/mol. The van der Waals surface area contributed by atoms with Crippen LogP contribution < -0.4 is 0 Å². The molecule has 19 heavy (non-hydrogen) atoms. The van der Waals surface area contributed by atoms with Gasteiger partial charge >= 0.3 is 0 Å². The van der Waals surface area contributed by atoms with E-state index in [2.05, 4.69) is 38.8 Å². The molecule has 0 aromatic carbocycles. The van der Waals surface area contributed by atoms with Gasteiger partial charge in [-0.3, -0.25) is 0 Å². The van der Waals surface area contributed by atoms with Crippen LogP contribution in [-0.2, 0) is 0 Å². The summed E-state index contributed by atoms with van der Waals surface area (Å²) in [4.78, 5) is 0. The van der Waals surface area contributed by atoms with E-state index < -0.39 is 0 Å². The zero-order valence-corrected chi connectivity index (χ0v) is 14.2.